The number of carbonyl (C=O) groups excluding carboxylic acids is 1. The maximum absolute atomic E-state index is 12.2. The highest BCUT2D eigenvalue weighted by Crippen LogP contribution is 2.17. The van der Waals surface area contributed by atoms with Crippen molar-refractivity contribution in [1.82, 2.24) is 34.8 Å². The monoisotopic (exact) mass is 404 g/mol. The van der Waals surface area contributed by atoms with Gasteiger partial charge in [-0.2, -0.15) is 10.2 Å². The molecule has 30 heavy (non-hydrogen) atoms. The summed E-state index contributed by atoms with van der Waals surface area (Å²) in [6.45, 7) is 1.47. The molecule has 0 aliphatic carbocycles. The fourth-order valence-electron chi connectivity index (χ4n) is 2.69. The van der Waals surface area contributed by atoms with Crippen LogP contribution < -0.4 is 15.4 Å². The van der Waals surface area contributed by atoms with Gasteiger partial charge >= 0.3 is 6.03 Å². The van der Waals surface area contributed by atoms with E-state index in [9.17, 15) is 4.79 Å². The fraction of sp³-hybridized carbons (Fsp3) is 0.150. The number of benzene rings is 1. The third-order valence-electron chi connectivity index (χ3n) is 4.16. The second-order valence-electron chi connectivity index (χ2n) is 6.32. The first-order valence-corrected chi connectivity index (χ1v) is 9.31. The molecule has 0 saturated carbocycles. The van der Waals surface area contributed by atoms with Gasteiger partial charge in [-0.25, -0.2) is 19.4 Å². The van der Waals surface area contributed by atoms with E-state index >= 15 is 0 Å². The molecule has 10 nitrogen and oxygen atoms in total. The van der Waals surface area contributed by atoms with Crippen molar-refractivity contribution in [3.63, 3.8) is 0 Å². The molecule has 0 radical (unpaired) electrons. The van der Waals surface area contributed by atoms with Gasteiger partial charge in [-0.15, -0.1) is 0 Å². The number of urea groups is 1. The lowest BCUT2D eigenvalue weighted by Gasteiger charge is -2.10. The highest BCUT2D eigenvalue weighted by atomic mass is 16.5. The van der Waals surface area contributed by atoms with Crippen LogP contribution in [0.4, 0.5) is 10.5 Å². The number of rotatable bonds is 8. The zero-order valence-corrected chi connectivity index (χ0v) is 16.0. The summed E-state index contributed by atoms with van der Waals surface area (Å²) in [6, 6.07) is 12.5. The molecule has 4 rings (SSSR count). The molecule has 3 aromatic heterocycles. The number of anilines is 1. The first-order valence-electron chi connectivity index (χ1n) is 9.31. The Labute approximate surface area is 172 Å². The van der Waals surface area contributed by atoms with Crippen molar-refractivity contribution in [3.05, 3.63) is 79.3 Å². The van der Waals surface area contributed by atoms with Crippen LogP contribution in [0.3, 0.4) is 0 Å². The third-order valence-corrected chi connectivity index (χ3v) is 4.16. The van der Waals surface area contributed by atoms with Gasteiger partial charge in [0.1, 0.15) is 25.0 Å². The van der Waals surface area contributed by atoms with E-state index in [1.54, 1.807) is 40.2 Å². The van der Waals surface area contributed by atoms with Crippen LogP contribution in [-0.4, -0.2) is 42.2 Å². The highest BCUT2D eigenvalue weighted by Gasteiger charge is 2.05. The molecule has 0 spiro atoms. The number of hydrogen-bond acceptors (Lipinski definition) is 6. The van der Waals surface area contributed by atoms with E-state index in [1.165, 1.54) is 6.33 Å². The number of aromatic nitrogens is 6. The van der Waals surface area contributed by atoms with Crippen molar-refractivity contribution >= 4 is 11.7 Å². The van der Waals surface area contributed by atoms with Gasteiger partial charge in [0.15, 0.2) is 5.82 Å². The molecule has 2 amide bonds. The molecule has 0 unspecified atom stereocenters. The molecule has 0 aliphatic rings. The topological polar surface area (TPSA) is 112 Å². The average Bonchev–Trinajstić information content (AvgIpc) is 3.47. The van der Waals surface area contributed by atoms with E-state index in [4.69, 9.17) is 4.74 Å². The SMILES string of the molecule is O=C(NCc1ccc(-n2cncn2)nc1)Nc1cccc(OCCn2cccn2)c1. The third kappa shape index (κ3) is 5.19. The maximum atomic E-state index is 12.2. The van der Waals surface area contributed by atoms with E-state index < -0.39 is 0 Å². The number of amides is 2. The molecule has 4 aromatic rings. The number of ether oxygens (including phenoxy) is 1. The summed E-state index contributed by atoms with van der Waals surface area (Å²) in [5.74, 6) is 1.33. The van der Waals surface area contributed by atoms with E-state index in [1.807, 2.05) is 36.5 Å². The standard InChI is InChI=1S/C20H20N8O2/c29-20(23-13-16-5-6-19(22-12-16)28-15-21-14-25-28)26-17-3-1-4-18(11-17)30-10-9-27-8-2-7-24-27/h1-8,11-12,14-15H,9-10,13H2,(H2,23,26,29). The molecule has 0 atom stereocenters. The Hall–Kier alpha value is -4.21. The van der Waals surface area contributed by atoms with Gasteiger partial charge in [-0.1, -0.05) is 12.1 Å². The number of carbonyl (C=O) groups is 1. The molecule has 1 aromatic carbocycles. The van der Waals surface area contributed by atoms with Crippen molar-refractivity contribution in [2.24, 2.45) is 0 Å². The first-order chi connectivity index (χ1) is 14.8. The minimum Gasteiger partial charge on any atom is -0.492 e. The molecule has 0 bridgehead atoms. The summed E-state index contributed by atoms with van der Waals surface area (Å²) < 4.78 is 9.08. The molecule has 0 saturated heterocycles. The summed E-state index contributed by atoms with van der Waals surface area (Å²) in [4.78, 5) is 20.4. The van der Waals surface area contributed by atoms with E-state index in [0.717, 1.165) is 5.56 Å². The van der Waals surface area contributed by atoms with Gasteiger partial charge in [0.05, 0.1) is 6.54 Å². The highest BCUT2D eigenvalue weighted by molar-refractivity contribution is 5.89. The Morgan fingerprint density at radius 1 is 1.13 bits per heavy atom. The van der Waals surface area contributed by atoms with Crippen LogP contribution in [0.5, 0.6) is 5.75 Å². The normalized spacial score (nSPS) is 10.5. The lowest BCUT2D eigenvalue weighted by atomic mass is 10.3. The predicted molar refractivity (Wildman–Crippen MR) is 109 cm³/mol. The predicted octanol–water partition coefficient (Wildman–Crippen LogP) is 2.26. The van der Waals surface area contributed by atoms with Gasteiger partial charge in [0.2, 0.25) is 0 Å². The second-order valence-corrected chi connectivity index (χ2v) is 6.32. The maximum Gasteiger partial charge on any atom is 0.319 e. The summed E-state index contributed by atoms with van der Waals surface area (Å²) in [7, 11) is 0. The Kier molecular flexibility index (Phi) is 5.94. The van der Waals surface area contributed by atoms with E-state index in [-0.39, 0.29) is 6.03 Å². The molecule has 152 valence electrons. The minimum absolute atomic E-state index is 0.316. The van der Waals surface area contributed by atoms with Gasteiger partial charge in [0, 0.05) is 36.9 Å². The summed E-state index contributed by atoms with van der Waals surface area (Å²) in [5.41, 5.74) is 1.51. The fourth-order valence-corrected chi connectivity index (χ4v) is 2.69. The van der Waals surface area contributed by atoms with Crippen LogP contribution in [-0.2, 0) is 13.1 Å². The van der Waals surface area contributed by atoms with E-state index in [2.05, 4.69) is 30.8 Å². The smallest absolute Gasteiger partial charge is 0.319 e. The first kappa shape index (κ1) is 19.1. The van der Waals surface area contributed by atoms with Gasteiger partial charge in [-0.05, 0) is 29.8 Å². The molecular formula is C20H20N8O2. The lowest BCUT2D eigenvalue weighted by molar-refractivity contribution is 0.251. The average molecular weight is 404 g/mol. The zero-order valence-electron chi connectivity index (χ0n) is 16.0. The van der Waals surface area contributed by atoms with Crippen LogP contribution >= 0.6 is 0 Å². The largest absolute Gasteiger partial charge is 0.492 e. The molecule has 3 heterocycles. The second kappa shape index (κ2) is 9.32. The quantitative estimate of drug-likeness (QED) is 0.466. The molecule has 2 N–H and O–H groups in total. The number of nitrogens with one attached hydrogen (secondary N) is 2. The summed E-state index contributed by atoms with van der Waals surface area (Å²) in [5, 5.41) is 13.8. The van der Waals surface area contributed by atoms with Crippen molar-refractivity contribution in [2.45, 2.75) is 13.1 Å². The number of hydrogen-bond donors (Lipinski definition) is 2. The van der Waals surface area contributed by atoms with Crippen LogP contribution in [0, 0.1) is 0 Å². The molecular weight excluding hydrogens is 384 g/mol. The summed E-state index contributed by atoms with van der Waals surface area (Å²) >= 11 is 0. The molecule has 10 heteroatoms. The number of nitrogens with zero attached hydrogens (tertiary/aromatic N) is 6. The van der Waals surface area contributed by atoms with Crippen molar-refractivity contribution in [2.75, 3.05) is 11.9 Å². The lowest BCUT2D eigenvalue weighted by Crippen LogP contribution is -2.28. The van der Waals surface area contributed by atoms with Gasteiger partial charge < -0.3 is 15.4 Å². The van der Waals surface area contributed by atoms with Crippen LogP contribution in [0.15, 0.2) is 73.7 Å². The van der Waals surface area contributed by atoms with Crippen molar-refractivity contribution in [3.8, 4) is 11.6 Å². The molecule has 0 aliphatic heterocycles. The van der Waals surface area contributed by atoms with Crippen LogP contribution in [0.1, 0.15) is 5.56 Å². The Balaban J connectivity index is 1.24. The van der Waals surface area contributed by atoms with Crippen LogP contribution in [0.2, 0.25) is 0 Å². The molecule has 0 fully saturated rings. The van der Waals surface area contributed by atoms with Crippen molar-refractivity contribution < 1.29 is 9.53 Å². The van der Waals surface area contributed by atoms with Crippen LogP contribution in [0.25, 0.3) is 5.82 Å². The number of pyridine rings is 1. The van der Waals surface area contributed by atoms with Gasteiger partial charge in [-0.3, -0.25) is 4.68 Å². The van der Waals surface area contributed by atoms with E-state index in [0.29, 0.717) is 37.0 Å². The minimum atomic E-state index is -0.316. The Bertz CT molecular complexity index is 1060. The summed E-state index contributed by atoms with van der Waals surface area (Å²) in [6.07, 6.45) is 8.31. The van der Waals surface area contributed by atoms with Gasteiger partial charge in [0.25, 0.3) is 0 Å². The van der Waals surface area contributed by atoms with Crippen molar-refractivity contribution in [1.29, 1.82) is 0 Å². The zero-order chi connectivity index (χ0) is 20.6. The Morgan fingerprint density at radius 2 is 2.10 bits per heavy atom. The Morgan fingerprint density at radius 3 is 2.87 bits per heavy atom.